The first-order valence-corrected chi connectivity index (χ1v) is 9.56. The summed E-state index contributed by atoms with van der Waals surface area (Å²) in [5.74, 6) is 0.949. The number of piperidine rings is 1. The number of nitrogens with zero attached hydrogens (tertiary/aromatic N) is 2. The van der Waals surface area contributed by atoms with Gasteiger partial charge in [0, 0.05) is 25.2 Å². The van der Waals surface area contributed by atoms with Crippen molar-refractivity contribution in [2.24, 2.45) is 5.92 Å². The summed E-state index contributed by atoms with van der Waals surface area (Å²) in [5.41, 5.74) is 0. The molecule has 3 aliphatic rings. The summed E-state index contributed by atoms with van der Waals surface area (Å²) in [6.07, 6.45) is 11.5. The molecule has 1 aliphatic carbocycles. The van der Waals surface area contributed by atoms with Crippen LogP contribution in [0.15, 0.2) is 0 Å². The van der Waals surface area contributed by atoms with E-state index in [1.54, 1.807) is 0 Å². The van der Waals surface area contributed by atoms with Crippen molar-refractivity contribution in [3.8, 4) is 0 Å². The summed E-state index contributed by atoms with van der Waals surface area (Å²) in [7, 11) is 0. The predicted octanol–water partition coefficient (Wildman–Crippen LogP) is 2.71. The molecule has 2 atom stereocenters. The highest BCUT2D eigenvalue weighted by Gasteiger charge is 2.31. The number of likely N-dealkylation sites (N-methyl/N-ethyl adjacent to an activating group) is 1. The normalized spacial score (nSPS) is 34.7. The molecule has 0 radical (unpaired) electrons. The Bertz CT molecular complexity index is 301. The number of hydrogen-bond donors (Lipinski definition) is 1. The largest absolute Gasteiger partial charge is 0.312 e. The molecule has 2 heterocycles. The van der Waals surface area contributed by atoms with Gasteiger partial charge < -0.3 is 10.2 Å². The van der Waals surface area contributed by atoms with Crippen LogP contribution < -0.4 is 5.32 Å². The lowest BCUT2D eigenvalue weighted by Crippen LogP contribution is -2.52. The first-order chi connectivity index (χ1) is 10.4. The highest BCUT2D eigenvalue weighted by Crippen LogP contribution is 2.28. The second-order valence-electron chi connectivity index (χ2n) is 7.50. The number of likely N-dealkylation sites (tertiary alicyclic amines) is 1. The van der Waals surface area contributed by atoms with Gasteiger partial charge in [-0.1, -0.05) is 26.2 Å². The molecule has 0 aromatic heterocycles. The highest BCUT2D eigenvalue weighted by molar-refractivity contribution is 4.89. The van der Waals surface area contributed by atoms with Crippen LogP contribution >= 0.6 is 0 Å². The summed E-state index contributed by atoms with van der Waals surface area (Å²) in [6.45, 7) is 10.1. The van der Waals surface area contributed by atoms with Crippen LogP contribution in [-0.2, 0) is 0 Å². The van der Waals surface area contributed by atoms with E-state index in [4.69, 9.17) is 0 Å². The number of nitrogens with one attached hydrogen (secondary N) is 1. The lowest BCUT2D eigenvalue weighted by molar-refractivity contribution is 0.0900. The molecule has 2 aliphatic heterocycles. The zero-order valence-corrected chi connectivity index (χ0v) is 14.0. The molecule has 0 spiro atoms. The van der Waals surface area contributed by atoms with Crippen LogP contribution in [0.25, 0.3) is 0 Å². The lowest BCUT2D eigenvalue weighted by atomic mass is 9.83. The Kier molecular flexibility index (Phi) is 5.96. The standard InChI is InChI=1S/C18H35N3/c1-2-20-12-6-10-17(14-20)21-13-7-11-19-18(15-21)16-8-4-3-5-9-16/h16-19H,2-15H2,1H3. The molecule has 0 amide bonds. The van der Waals surface area contributed by atoms with Crippen molar-refractivity contribution < 1.29 is 0 Å². The van der Waals surface area contributed by atoms with Crippen LogP contribution in [0.1, 0.15) is 58.3 Å². The molecule has 0 aromatic rings. The quantitative estimate of drug-likeness (QED) is 0.863. The van der Waals surface area contributed by atoms with Crippen molar-refractivity contribution in [3.05, 3.63) is 0 Å². The molecule has 21 heavy (non-hydrogen) atoms. The number of rotatable bonds is 3. The Morgan fingerprint density at radius 3 is 2.57 bits per heavy atom. The van der Waals surface area contributed by atoms with Crippen molar-refractivity contribution in [1.82, 2.24) is 15.1 Å². The van der Waals surface area contributed by atoms with Crippen LogP contribution in [0.3, 0.4) is 0 Å². The molecule has 3 nitrogen and oxygen atoms in total. The second-order valence-corrected chi connectivity index (χ2v) is 7.50. The third kappa shape index (κ3) is 4.20. The Labute approximate surface area is 131 Å². The molecule has 0 aromatic carbocycles. The summed E-state index contributed by atoms with van der Waals surface area (Å²) in [6, 6.07) is 1.59. The van der Waals surface area contributed by atoms with Gasteiger partial charge in [0.1, 0.15) is 0 Å². The fraction of sp³-hybridized carbons (Fsp3) is 1.00. The predicted molar refractivity (Wildman–Crippen MR) is 89.7 cm³/mol. The Morgan fingerprint density at radius 1 is 0.905 bits per heavy atom. The molecule has 2 unspecified atom stereocenters. The van der Waals surface area contributed by atoms with E-state index in [1.165, 1.54) is 90.6 Å². The van der Waals surface area contributed by atoms with Gasteiger partial charge in [-0.3, -0.25) is 4.90 Å². The average Bonchev–Trinajstić information content (AvgIpc) is 2.82. The molecule has 3 heteroatoms. The molecule has 2 saturated heterocycles. The molecule has 3 fully saturated rings. The second kappa shape index (κ2) is 7.94. The van der Waals surface area contributed by atoms with Crippen molar-refractivity contribution >= 4 is 0 Å². The van der Waals surface area contributed by atoms with Crippen molar-refractivity contribution in [1.29, 1.82) is 0 Å². The van der Waals surface area contributed by atoms with Gasteiger partial charge in [0.2, 0.25) is 0 Å². The molecule has 3 rings (SSSR count). The maximum absolute atomic E-state index is 3.89. The Hall–Kier alpha value is -0.120. The lowest BCUT2D eigenvalue weighted by Gasteiger charge is -2.41. The van der Waals surface area contributed by atoms with Gasteiger partial charge in [-0.2, -0.15) is 0 Å². The third-order valence-electron chi connectivity index (χ3n) is 6.12. The van der Waals surface area contributed by atoms with Crippen LogP contribution in [0, 0.1) is 5.92 Å². The van der Waals surface area contributed by atoms with E-state index < -0.39 is 0 Å². The first kappa shape index (κ1) is 15.8. The van der Waals surface area contributed by atoms with Crippen molar-refractivity contribution in [2.45, 2.75) is 70.4 Å². The molecule has 122 valence electrons. The molecule has 0 bridgehead atoms. The van der Waals surface area contributed by atoms with Crippen LogP contribution in [0.4, 0.5) is 0 Å². The van der Waals surface area contributed by atoms with Gasteiger partial charge in [-0.25, -0.2) is 0 Å². The Balaban J connectivity index is 1.58. The van der Waals surface area contributed by atoms with Crippen LogP contribution in [0.2, 0.25) is 0 Å². The summed E-state index contributed by atoms with van der Waals surface area (Å²) in [5, 5.41) is 3.89. The van der Waals surface area contributed by atoms with E-state index in [1.807, 2.05) is 0 Å². The van der Waals surface area contributed by atoms with Gasteiger partial charge in [0.05, 0.1) is 0 Å². The number of hydrogen-bond acceptors (Lipinski definition) is 3. The van der Waals surface area contributed by atoms with E-state index >= 15 is 0 Å². The maximum Gasteiger partial charge on any atom is 0.0224 e. The monoisotopic (exact) mass is 293 g/mol. The molecule has 1 N–H and O–H groups in total. The molecule has 1 saturated carbocycles. The van der Waals surface area contributed by atoms with E-state index in [0.29, 0.717) is 0 Å². The van der Waals surface area contributed by atoms with Gasteiger partial charge in [0.15, 0.2) is 0 Å². The summed E-state index contributed by atoms with van der Waals surface area (Å²) >= 11 is 0. The minimum atomic E-state index is 0.768. The fourth-order valence-corrected chi connectivity index (χ4v) is 4.78. The van der Waals surface area contributed by atoms with Crippen LogP contribution in [-0.4, -0.2) is 61.2 Å². The highest BCUT2D eigenvalue weighted by atomic mass is 15.2. The molecular formula is C18H35N3. The van der Waals surface area contributed by atoms with Gasteiger partial charge >= 0.3 is 0 Å². The molecular weight excluding hydrogens is 258 g/mol. The van der Waals surface area contributed by atoms with E-state index in [9.17, 15) is 0 Å². The topological polar surface area (TPSA) is 18.5 Å². The van der Waals surface area contributed by atoms with Crippen molar-refractivity contribution in [2.75, 3.05) is 39.3 Å². The van der Waals surface area contributed by atoms with Gasteiger partial charge in [-0.05, 0) is 64.2 Å². The Morgan fingerprint density at radius 2 is 1.76 bits per heavy atom. The minimum absolute atomic E-state index is 0.768. The smallest absolute Gasteiger partial charge is 0.0224 e. The summed E-state index contributed by atoms with van der Waals surface area (Å²) < 4.78 is 0. The maximum atomic E-state index is 3.89. The minimum Gasteiger partial charge on any atom is -0.312 e. The van der Waals surface area contributed by atoms with Crippen molar-refractivity contribution in [3.63, 3.8) is 0 Å². The van der Waals surface area contributed by atoms with E-state index in [2.05, 4.69) is 22.0 Å². The van der Waals surface area contributed by atoms with Gasteiger partial charge in [0.25, 0.3) is 0 Å². The van der Waals surface area contributed by atoms with E-state index in [-0.39, 0.29) is 0 Å². The van der Waals surface area contributed by atoms with Gasteiger partial charge in [-0.15, -0.1) is 0 Å². The SMILES string of the molecule is CCN1CCCC(N2CCCNC(C3CCCCC3)C2)C1. The zero-order chi connectivity index (χ0) is 14.5. The average molecular weight is 293 g/mol. The summed E-state index contributed by atoms with van der Waals surface area (Å²) in [4.78, 5) is 5.50. The third-order valence-corrected chi connectivity index (χ3v) is 6.12. The first-order valence-electron chi connectivity index (χ1n) is 9.56. The fourth-order valence-electron chi connectivity index (χ4n) is 4.78. The zero-order valence-electron chi connectivity index (χ0n) is 14.0. The van der Waals surface area contributed by atoms with E-state index in [0.717, 1.165) is 18.0 Å². The van der Waals surface area contributed by atoms with Crippen LogP contribution in [0.5, 0.6) is 0 Å².